The maximum absolute atomic E-state index is 12.8. The van der Waals surface area contributed by atoms with E-state index in [-0.39, 0.29) is 12.4 Å². The van der Waals surface area contributed by atoms with Crippen molar-refractivity contribution in [1.82, 2.24) is 15.0 Å². The number of aromatic nitrogens is 3. The number of carbonyl (C=O) groups is 1. The molecule has 0 amide bonds. The van der Waals surface area contributed by atoms with Crippen LogP contribution < -0.4 is 9.47 Å². The number of H-pyrrole nitrogens is 2. The van der Waals surface area contributed by atoms with Gasteiger partial charge in [-0.25, -0.2) is 4.98 Å². The van der Waals surface area contributed by atoms with E-state index >= 15 is 0 Å². The molecule has 6 nitrogen and oxygen atoms in total. The van der Waals surface area contributed by atoms with Gasteiger partial charge in [0.05, 0.1) is 0 Å². The van der Waals surface area contributed by atoms with Crippen molar-refractivity contribution in [3.05, 3.63) is 126 Å². The van der Waals surface area contributed by atoms with Gasteiger partial charge < -0.3 is 19.4 Å². The quantitative estimate of drug-likeness (QED) is 0.243. The van der Waals surface area contributed by atoms with Gasteiger partial charge in [-0.1, -0.05) is 48.5 Å². The second-order valence-corrected chi connectivity index (χ2v) is 9.67. The molecule has 5 aromatic rings. The maximum Gasteiger partial charge on any atom is 0.188 e. The highest BCUT2D eigenvalue weighted by molar-refractivity contribution is 5.99. The molecule has 6 heteroatoms. The highest BCUT2D eigenvalue weighted by Gasteiger charge is 2.35. The fraction of sp³-hybridized carbons (Fsp3) is 0.188. The normalized spacial score (nSPS) is 14.5. The number of fused-ring (bicyclic) bond motifs is 1. The van der Waals surface area contributed by atoms with Crippen molar-refractivity contribution < 1.29 is 14.3 Å². The molecule has 0 unspecified atom stereocenters. The lowest BCUT2D eigenvalue weighted by Gasteiger charge is -2.32. The Morgan fingerprint density at radius 3 is 2.53 bits per heavy atom. The number of hydrogen-bond acceptors (Lipinski definition) is 4. The summed E-state index contributed by atoms with van der Waals surface area (Å²) in [5, 5.41) is 0. The van der Waals surface area contributed by atoms with Gasteiger partial charge in [0.15, 0.2) is 17.2 Å². The number of ether oxygens (including phenoxy) is 2. The van der Waals surface area contributed by atoms with Crippen molar-refractivity contribution in [3.63, 3.8) is 0 Å². The molecule has 1 aliphatic carbocycles. The molecular weight excluding hydrogens is 474 g/mol. The molecule has 38 heavy (non-hydrogen) atoms. The average Bonchev–Trinajstić information content (AvgIpc) is 3.69. The van der Waals surface area contributed by atoms with Crippen LogP contribution in [0.2, 0.25) is 0 Å². The van der Waals surface area contributed by atoms with Crippen LogP contribution in [0.25, 0.3) is 11.1 Å². The van der Waals surface area contributed by atoms with Gasteiger partial charge in [-0.3, -0.25) is 4.79 Å². The van der Waals surface area contributed by atoms with Gasteiger partial charge >= 0.3 is 0 Å². The van der Waals surface area contributed by atoms with Gasteiger partial charge in [0, 0.05) is 59.0 Å². The van der Waals surface area contributed by atoms with Crippen LogP contribution >= 0.6 is 0 Å². The highest BCUT2D eigenvalue weighted by atomic mass is 16.5. The number of hydrogen-bond donors (Lipinski definition) is 2. The number of nitrogens with zero attached hydrogens (tertiary/aromatic N) is 1. The minimum atomic E-state index is -0.880. The Hall–Kier alpha value is -4.58. The Labute approximate surface area is 221 Å². The molecule has 0 fully saturated rings. The lowest BCUT2D eigenvalue weighted by molar-refractivity contribution is 0.0970. The minimum Gasteiger partial charge on any atom is -0.488 e. The van der Waals surface area contributed by atoms with E-state index in [0.29, 0.717) is 18.0 Å². The van der Waals surface area contributed by atoms with Crippen LogP contribution in [0.1, 0.15) is 52.6 Å². The highest BCUT2D eigenvalue weighted by Crippen LogP contribution is 2.39. The molecule has 1 atom stereocenters. The number of para-hydroxylation sites is 1. The first-order valence-electron chi connectivity index (χ1n) is 12.9. The molecule has 3 aromatic carbocycles. The first-order chi connectivity index (χ1) is 18.6. The van der Waals surface area contributed by atoms with Crippen LogP contribution in [-0.2, 0) is 18.6 Å². The molecule has 2 aromatic heterocycles. The molecule has 0 saturated carbocycles. The van der Waals surface area contributed by atoms with Crippen LogP contribution in [0.5, 0.6) is 11.5 Å². The summed E-state index contributed by atoms with van der Waals surface area (Å²) in [6.07, 6.45) is 9.57. The smallest absolute Gasteiger partial charge is 0.188 e. The Balaban J connectivity index is 1.42. The summed E-state index contributed by atoms with van der Waals surface area (Å²) in [5.41, 5.74) is 4.81. The number of carbonyl (C=O) groups excluding carboxylic acids is 1. The third-order valence-electron chi connectivity index (χ3n) is 7.28. The second-order valence-electron chi connectivity index (χ2n) is 9.67. The lowest BCUT2D eigenvalue weighted by Crippen LogP contribution is -2.33. The summed E-state index contributed by atoms with van der Waals surface area (Å²) >= 11 is 0. The monoisotopic (exact) mass is 503 g/mol. The number of aromatic amines is 2. The van der Waals surface area contributed by atoms with E-state index in [2.05, 4.69) is 15.0 Å². The minimum absolute atomic E-state index is 0.170. The predicted molar refractivity (Wildman–Crippen MR) is 146 cm³/mol. The maximum atomic E-state index is 12.8. The van der Waals surface area contributed by atoms with Crippen molar-refractivity contribution in [2.75, 3.05) is 0 Å². The zero-order chi connectivity index (χ0) is 26.0. The molecule has 190 valence electrons. The Kier molecular flexibility index (Phi) is 6.30. The average molecular weight is 504 g/mol. The molecule has 0 radical (unpaired) electrons. The molecule has 0 bridgehead atoms. The van der Waals surface area contributed by atoms with Crippen molar-refractivity contribution in [1.29, 1.82) is 0 Å². The number of benzene rings is 3. The van der Waals surface area contributed by atoms with E-state index in [1.807, 2.05) is 92.1 Å². The Bertz CT molecular complexity index is 1540. The van der Waals surface area contributed by atoms with E-state index in [0.717, 1.165) is 52.0 Å². The summed E-state index contributed by atoms with van der Waals surface area (Å²) in [6, 6.07) is 23.9. The summed E-state index contributed by atoms with van der Waals surface area (Å²) < 4.78 is 13.3. The molecule has 6 rings (SSSR count). The molecule has 0 aliphatic heterocycles. The summed E-state index contributed by atoms with van der Waals surface area (Å²) in [7, 11) is 0. The fourth-order valence-electron chi connectivity index (χ4n) is 5.25. The van der Waals surface area contributed by atoms with Crippen molar-refractivity contribution >= 4 is 5.78 Å². The van der Waals surface area contributed by atoms with Crippen LogP contribution in [0.4, 0.5) is 0 Å². The van der Waals surface area contributed by atoms with Crippen LogP contribution in [0.3, 0.4) is 0 Å². The zero-order valence-corrected chi connectivity index (χ0v) is 21.2. The number of Topliss-reactive ketones (excluding diaryl/α,β-unsaturated/α-hetero) is 1. The van der Waals surface area contributed by atoms with Gasteiger partial charge in [0.2, 0.25) is 0 Å². The molecule has 1 aliphatic rings. The molecular formula is C32H29N3O3. The number of nitrogens with one attached hydrogen (secondary N) is 2. The lowest BCUT2D eigenvalue weighted by atomic mass is 9.86. The van der Waals surface area contributed by atoms with Crippen molar-refractivity contribution in [2.24, 2.45) is 0 Å². The third-order valence-corrected chi connectivity index (χ3v) is 7.28. The van der Waals surface area contributed by atoms with E-state index in [1.54, 1.807) is 12.4 Å². The van der Waals surface area contributed by atoms with Crippen LogP contribution in [0, 0.1) is 0 Å². The largest absolute Gasteiger partial charge is 0.488 e. The fourth-order valence-corrected chi connectivity index (χ4v) is 5.25. The SMILES string of the molecule is C[C@](Oc1ccc2c(c1COc1ccccc1-c1cc[nH]c1)CCCC2=O)(c1ccccc1)c1ncc[nH]1. The summed E-state index contributed by atoms with van der Waals surface area (Å²) in [6.45, 7) is 2.29. The predicted octanol–water partition coefficient (Wildman–Crippen LogP) is 6.85. The second kappa shape index (κ2) is 10.1. The van der Waals surface area contributed by atoms with E-state index in [4.69, 9.17) is 9.47 Å². The number of ketones is 1. The van der Waals surface area contributed by atoms with Gasteiger partial charge in [-0.05, 0) is 49.6 Å². The Morgan fingerprint density at radius 2 is 1.74 bits per heavy atom. The van der Waals surface area contributed by atoms with E-state index < -0.39 is 5.60 Å². The van der Waals surface area contributed by atoms with Crippen molar-refractivity contribution in [2.45, 2.75) is 38.4 Å². The molecule has 0 spiro atoms. The standard InChI is InChI=1S/C32H29N3O3/c1-32(31-34-18-19-35-31,23-8-3-2-4-9-23)38-30-15-14-26-25(11-7-12-28(26)36)27(30)21-37-29-13-6-5-10-24(29)22-16-17-33-20-22/h2-6,8-10,13-20,33H,7,11-12,21H2,1H3,(H,34,35)/t32-/m0/s1. The Morgan fingerprint density at radius 1 is 0.895 bits per heavy atom. The number of imidazole rings is 1. The van der Waals surface area contributed by atoms with Gasteiger partial charge in [0.25, 0.3) is 0 Å². The zero-order valence-electron chi connectivity index (χ0n) is 21.2. The van der Waals surface area contributed by atoms with Gasteiger partial charge in [0.1, 0.15) is 18.1 Å². The van der Waals surface area contributed by atoms with E-state index in [9.17, 15) is 4.79 Å². The third kappa shape index (κ3) is 4.39. The first kappa shape index (κ1) is 23.8. The van der Waals surface area contributed by atoms with E-state index in [1.165, 1.54) is 0 Å². The topological polar surface area (TPSA) is 80.0 Å². The van der Waals surface area contributed by atoms with Gasteiger partial charge in [-0.15, -0.1) is 0 Å². The summed E-state index contributed by atoms with van der Waals surface area (Å²) in [5.74, 6) is 2.32. The first-order valence-corrected chi connectivity index (χ1v) is 12.9. The van der Waals surface area contributed by atoms with Gasteiger partial charge in [-0.2, -0.15) is 0 Å². The van der Waals surface area contributed by atoms with Crippen LogP contribution in [0.15, 0.2) is 97.6 Å². The summed E-state index contributed by atoms with van der Waals surface area (Å²) in [4.78, 5) is 23.7. The number of rotatable bonds is 8. The molecule has 0 saturated heterocycles. The molecule has 2 N–H and O–H groups in total. The van der Waals surface area contributed by atoms with Crippen molar-refractivity contribution in [3.8, 4) is 22.6 Å². The van der Waals surface area contributed by atoms with Crippen LogP contribution in [-0.4, -0.2) is 20.7 Å². The molecule has 2 heterocycles.